The molecule has 0 bridgehead atoms. The molecule has 0 saturated heterocycles. The van der Waals surface area contributed by atoms with Crippen LogP contribution in [-0.4, -0.2) is 19.1 Å². The fraction of sp³-hybridized carbons (Fsp3) is 0.167. The van der Waals surface area contributed by atoms with Crippen molar-refractivity contribution in [2.24, 2.45) is 0 Å². The first-order chi connectivity index (χ1) is 12.2. The first kappa shape index (κ1) is 14.1. The van der Waals surface area contributed by atoms with Crippen LogP contribution in [0.25, 0.3) is 28.0 Å². The standard InChI is InChI=1S/C18H11F2N5/c19-12-6-15-16(7-13(12)20)24(9-22-15)18-23-14-4-1-10(8-21)5-17(14)25(18)11-2-3-11/h1,4-7,9,11H,2-3H2. The molecule has 1 fully saturated rings. The SMILES string of the molecule is N#Cc1ccc2nc(-n3cnc4cc(F)c(F)cc43)n(C3CC3)c2c1. The number of aromatic nitrogens is 4. The number of imidazole rings is 2. The molecule has 1 saturated carbocycles. The molecule has 0 aliphatic heterocycles. The van der Waals surface area contributed by atoms with Gasteiger partial charge >= 0.3 is 0 Å². The molecule has 0 N–H and O–H groups in total. The number of nitrogens with zero attached hydrogens (tertiary/aromatic N) is 5. The lowest BCUT2D eigenvalue weighted by molar-refractivity contribution is 0.510. The molecule has 0 spiro atoms. The molecule has 0 radical (unpaired) electrons. The molecule has 5 nitrogen and oxygen atoms in total. The molecule has 1 aliphatic rings. The summed E-state index contributed by atoms with van der Waals surface area (Å²) in [7, 11) is 0. The molecule has 4 aromatic rings. The average molecular weight is 335 g/mol. The highest BCUT2D eigenvalue weighted by Crippen LogP contribution is 2.40. The molecule has 7 heteroatoms. The minimum absolute atomic E-state index is 0.289. The van der Waals surface area contributed by atoms with Crippen LogP contribution in [0, 0.1) is 23.0 Å². The van der Waals surface area contributed by atoms with E-state index in [9.17, 15) is 8.78 Å². The molecule has 1 aliphatic carbocycles. The summed E-state index contributed by atoms with van der Waals surface area (Å²) in [5.41, 5.74) is 3.00. The van der Waals surface area contributed by atoms with Gasteiger partial charge in [-0.1, -0.05) is 0 Å². The fourth-order valence-electron chi connectivity index (χ4n) is 3.18. The molecular weight excluding hydrogens is 324 g/mol. The minimum atomic E-state index is -0.924. The van der Waals surface area contributed by atoms with Gasteiger partial charge in [-0.25, -0.2) is 18.7 Å². The van der Waals surface area contributed by atoms with Crippen LogP contribution in [0.1, 0.15) is 24.4 Å². The molecule has 2 aromatic carbocycles. The molecule has 122 valence electrons. The van der Waals surface area contributed by atoms with Crippen LogP contribution in [0.2, 0.25) is 0 Å². The summed E-state index contributed by atoms with van der Waals surface area (Å²) in [6, 6.07) is 9.98. The third-order valence-corrected chi connectivity index (χ3v) is 4.52. The largest absolute Gasteiger partial charge is 0.306 e. The maximum atomic E-state index is 13.7. The lowest BCUT2D eigenvalue weighted by atomic mass is 10.2. The zero-order valence-electron chi connectivity index (χ0n) is 12.9. The number of benzene rings is 2. The van der Waals surface area contributed by atoms with Crippen LogP contribution in [0.4, 0.5) is 8.78 Å². The van der Waals surface area contributed by atoms with Crippen molar-refractivity contribution in [2.45, 2.75) is 18.9 Å². The zero-order valence-corrected chi connectivity index (χ0v) is 12.9. The van der Waals surface area contributed by atoms with Crippen LogP contribution in [0.15, 0.2) is 36.7 Å². The van der Waals surface area contributed by atoms with Crippen molar-refractivity contribution in [1.29, 1.82) is 5.26 Å². The summed E-state index contributed by atoms with van der Waals surface area (Å²) in [5.74, 6) is -1.25. The maximum absolute atomic E-state index is 13.7. The first-order valence-electron chi connectivity index (χ1n) is 7.90. The van der Waals surface area contributed by atoms with E-state index in [1.54, 1.807) is 16.7 Å². The first-order valence-corrected chi connectivity index (χ1v) is 7.90. The van der Waals surface area contributed by atoms with Gasteiger partial charge in [0.25, 0.3) is 0 Å². The minimum Gasteiger partial charge on any atom is -0.306 e. The van der Waals surface area contributed by atoms with Gasteiger partial charge in [-0.15, -0.1) is 0 Å². The molecule has 0 amide bonds. The normalized spacial score (nSPS) is 14.3. The van der Waals surface area contributed by atoms with E-state index in [4.69, 9.17) is 5.26 Å². The lowest BCUT2D eigenvalue weighted by Crippen LogP contribution is -2.05. The van der Waals surface area contributed by atoms with Gasteiger partial charge in [0.1, 0.15) is 6.33 Å². The Morgan fingerprint density at radius 1 is 1.04 bits per heavy atom. The topological polar surface area (TPSA) is 59.4 Å². The molecule has 2 heterocycles. The van der Waals surface area contributed by atoms with Crippen molar-refractivity contribution in [3.63, 3.8) is 0 Å². The predicted octanol–water partition coefficient (Wildman–Crippen LogP) is 3.86. The van der Waals surface area contributed by atoms with Gasteiger partial charge in [0.05, 0.1) is 33.7 Å². The van der Waals surface area contributed by atoms with Crippen molar-refractivity contribution < 1.29 is 8.78 Å². The summed E-state index contributed by atoms with van der Waals surface area (Å²) in [6.07, 6.45) is 3.56. The quantitative estimate of drug-likeness (QED) is 0.559. The second-order valence-electron chi connectivity index (χ2n) is 6.20. The monoisotopic (exact) mass is 335 g/mol. The number of hydrogen-bond acceptors (Lipinski definition) is 3. The van der Waals surface area contributed by atoms with Crippen molar-refractivity contribution >= 4 is 22.1 Å². The summed E-state index contributed by atoms with van der Waals surface area (Å²) >= 11 is 0. The Morgan fingerprint density at radius 2 is 1.84 bits per heavy atom. The van der Waals surface area contributed by atoms with Crippen molar-refractivity contribution in [3.8, 4) is 12.0 Å². The lowest BCUT2D eigenvalue weighted by Gasteiger charge is -2.09. The molecule has 2 aromatic heterocycles. The van der Waals surface area contributed by atoms with Gasteiger partial charge in [0, 0.05) is 18.2 Å². The van der Waals surface area contributed by atoms with E-state index in [2.05, 4.69) is 20.6 Å². The number of hydrogen-bond donors (Lipinski definition) is 0. The summed E-state index contributed by atoms with van der Waals surface area (Å²) < 4.78 is 30.9. The van der Waals surface area contributed by atoms with E-state index >= 15 is 0 Å². The van der Waals surface area contributed by atoms with E-state index in [0.29, 0.717) is 22.5 Å². The Morgan fingerprint density at radius 3 is 2.60 bits per heavy atom. The highest BCUT2D eigenvalue weighted by Gasteiger charge is 2.29. The number of halogens is 2. The van der Waals surface area contributed by atoms with Gasteiger partial charge in [0.2, 0.25) is 5.95 Å². The van der Waals surface area contributed by atoms with E-state index in [-0.39, 0.29) is 6.04 Å². The number of fused-ring (bicyclic) bond motifs is 2. The molecule has 5 rings (SSSR count). The third-order valence-electron chi connectivity index (χ3n) is 4.52. The highest BCUT2D eigenvalue weighted by atomic mass is 19.2. The second-order valence-corrected chi connectivity index (χ2v) is 6.20. The number of nitriles is 1. The summed E-state index contributed by atoms with van der Waals surface area (Å²) in [4.78, 5) is 8.83. The number of rotatable bonds is 2. The zero-order chi connectivity index (χ0) is 17.1. The van der Waals surface area contributed by atoms with Gasteiger partial charge in [-0.3, -0.25) is 4.57 Å². The fourth-order valence-corrected chi connectivity index (χ4v) is 3.18. The van der Waals surface area contributed by atoms with E-state index < -0.39 is 11.6 Å². The summed E-state index contributed by atoms with van der Waals surface area (Å²) in [6.45, 7) is 0. The summed E-state index contributed by atoms with van der Waals surface area (Å²) in [5, 5.41) is 9.16. The van der Waals surface area contributed by atoms with Crippen LogP contribution >= 0.6 is 0 Å². The maximum Gasteiger partial charge on any atom is 0.216 e. The van der Waals surface area contributed by atoms with Gasteiger partial charge in [-0.05, 0) is 31.0 Å². The Balaban J connectivity index is 1.82. The van der Waals surface area contributed by atoms with E-state index in [1.165, 1.54) is 6.33 Å². The Kier molecular flexibility index (Phi) is 2.74. The molecule has 25 heavy (non-hydrogen) atoms. The van der Waals surface area contributed by atoms with Gasteiger partial charge < -0.3 is 4.57 Å². The Bertz CT molecular complexity index is 1190. The van der Waals surface area contributed by atoms with Crippen LogP contribution in [0.5, 0.6) is 0 Å². The van der Waals surface area contributed by atoms with Crippen LogP contribution < -0.4 is 0 Å². The van der Waals surface area contributed by atoms with Gasteiger partial charge in [-0.2, -0.15) is 5.26 Å². The van der Waals surface area contributed by atoms with Crippen molar-refractivity contribution in [1.82, 2.24) is 19.1 Å². The highest BCUT2D eigenvalue weighted by molar-refractivity contribution is 5.82. The molecule has 0 unspecified atom stereocenters. The van der Waals surface area contributed by atoms with E-state index in [0.717, 1.165) is 36.0 Å². The van der Waals surface area contributed by atoms with Crippen molar-refractivity contribution in [2.75, 3.05) is 0 Å². The average Bonchev–Trinajstić information content (AvgIpc) is 3.27. The second kappa shape index (κ2) is 4.86. The Labute approximate surface area is 140 Å². The Hall–Kier alpha value is -3.27. The van der Waals surface area contributed by atoms with Gasteiger partial charge in [0.15, 0.2) is 11.6 Å². The van der Waals surface area contributed by atoms with Crippen LogP contribution in [0.3, 0.4) is 0 Å². The van der Waals surface area contributed by atoms with Crippen molar-refractivity contribution in [3.05, 3.63) is 53.9 Å². The smallest absolute Gasteiger partial charge is 0.216 e. The third kappa shape index (κ3) is 2.04. The van der Waals surface area contributed by atoms with E-state index in [1.807, 2.05) is 6.07 Å². The molecule has 0 atom stereocenters. The predicted molar refractivity (Wildman–Crippen MR) is 87.3 cm³/mol. The molecular formula is C18H11F2N5. The van der Waals surface area contributed by atoms with Crippen LogP contribution in [-0.2, 0) is 0 Å².